The number of nitrogens with two attached hydrogens (primary N) is 2. The average Bonchev–Trinajstić information content (AvgIpc) is 1.59. The molecule has 0 unspecified atom stereocenters. The van der Waals surface area contributed by atoms with Crippen LogP contribution in [-0.2, 0) is 115 Å². The van der Waals surface area contributed by atoms with E-state index in [1.165, 1.54) is 18.3 Å². The first kappa shape index (κ1) is 97.4. The van der Waals surface area contributed by atoms with E-state index in [1.807, 2.05) is 50.4 Å². The van der Waals surface area contributed by atoms with Gasteiger partial charge in [0.15, 0.2) is 11.4 Å². The third-order valence-electron chi connectivity index (χ3n) is 22.1. The van der Waals surface area contributed by atoms with Gasteiger partial charge in [0, 0.05) is 96.8 Å². The summed E-state index contributed by atoms with van der Waals surface area (Å²) in [4.78, 5) is 93.6. The number of aliphatic hydroxyl groups excluding tert-OH is 1. The van der Waals surface area contributed by atoms with Gasteiger partial charge in [-0.3, -0.25) is 24.0 Å². The van der Waals surface area contributed by atoms with Gasteiger partial charge in [-0.15, -0.1) is 5.10 Å². The minimum absolute atomic E-state index is 0.0110. The van der Waals surface area contributed by atoms with E-state index in [2.05, 4.69) is 30.7 Å². The first-order chi connectivity index (χ1) is 56.5. The summed E-state index contributed by atoms with van der Waals surface area (Å²) in [6, 6.07) is -2.09. The quantitative estimate of drug-likeness (QED) is 0.0178. The number of anilines is 1. The SMILES string of the molecule is CO[C@H]1C[C@@H]2CC[C@@H](C)[C@@](O)(O2)C(=O)C(=O)N2CCCC[C@H]2C(=O)O[C@H]([C@H](N)C[C@@H]2CC[C@@H](OCCCCc3cn(CCOCCOCCOCCOCCOCCOCCOCCOCCC(=O)NCCCCn4ncc5c(N)ncnc54)nn3)[C@H](OC)C2)CC(=O)[C@H](C)/C=C(\C)[C@@H](O)[C@@H](OC)C(=O)[C@H](C)C[C@H](C)/C=C/C=CC=C1C. The molecule has 7 rings (SSSR count). The van der Waals surface area contributed by atoms with Crippen LogP contribution in [0.25, 0.3) is 11.0 Å². The topological polar surface area (TPSA) is 414 Å². The Bertz CT molecular complexity index is 3560. The lowest BCUT2D eigenvalue weighted by Crippen LogP contribution is -2.61. The van der Waals surface area contributed by atoms with Crippen LogP contribution in [0.5, 0.6) is 0 Å². The number of ketones is 3. The monoisotopic (exact) mass is 1650 g/mol. The minimum Gasteiger partial charge on any atom is -0.459 e. The number of allylic oxidation sites excluding steroid dienone is 6. The molecule has 6 heterocycles. The fraction of sp³-hybridized carbons (Fsp3) is 0.750. The van der Waals surface area contributed by atoms with Crippen LogP contribution in [0.4, 0.5) is 5.82 Å². The number of methoxy groups -OCH3 is 3. The maximum Gasteiger partial charge on any atom is 0.329 e. The van der Waals surface area contributed by atoms with Crippen molar-refractivity contribution in [1.82, 2.24) is 45.0 Å². The molecule has 15 atom stereocenters. The molecule has 33 heteroatoms. The third-order valence-corrected chi connectivity index (χ3v) is 22.1. The van der Waals surface area contributed by atoms with Crippen molar-refractivity contribution in [2.24, 2.45) is 35.3 Å². The smallest absolute Gasteiger partial charge is 0.329 e. The summed E-state index contributed by atoms with van der Waals surface area (Å²) < 4.78 is 84.9. The van der Waals surface area contributed by atoms with Crippen LogP contribution >= 0.6 is 0 Å². The normalized spacial score (nSPS) is 27.0. The Morgan fingerprint density at radius 3 is 2.03 bits per heavy atom. The lowest BCUT2D eigenvalue weighted by atomic mass is 9.80. The van der Waals surface area contributed by atoms with Crippen molar-refractivity contribution < 1.29 is 105 Å². The number of piperidine rings is 1. The van der Waals surface area contributed by atoms with Crippen molar-refractivity contribution in [3.05, 3.63) is 72.0 Å². The number of rotatable bonds is 44. The lowest BCUT2D eigenvalue weighted by Gasteiger charge is -2.42. The van der Waals surface area contributed by atoms with E-state index >= 15 is 0 Å². The summed E-state index contributed by atoms with van der Waals surface area (Å²) >= 11 is 0. The third kappa shape index (κ3) is 33.3. The molecule has 1 aliphatic carbocycles. The molecule has 4 aliphatic rings. The Balaban J connectivity index is 0.737. The number of unbranched alkanes of at least 4 members (excludes halogenated alkanes) is 2. The molecule has 3 aromatic rings. The van der Waals surface area contributed by atoms with Crippen molar-refractivity contribution >= 4 is 52.0 Å². The Morgan fingerprint density at radius 2 is 1.38 bits per heavy atom. The number of aryl methyl sites for hydroxylation is 2. The summed E-state index contributed by atoms with van der Waals surface area (Å²) in [5.74, 6) is -7.91. The standard InChI is InChI=1S/C84H135N11O22/c1-58-19-11-10-12-20-59(2)72(104-7)53-66-25-23-63(6)84(103,117-66)79(100)82(101)94-29-16-13-22-69(94)83(102)116-73(54-70(96)60(3)50-62(5)77(99)78(106-9)76(98)61(4)49-58)68(85)51-64-24-26-71(74(52-64)105-8)115-32-18-14-21-65-56-93(92-91-65)31-34-108-36-38-110-40-42-112-44-46-114-48-47-113-45-43-111-41-39-109-37-35-107-33-27-75(97)87-28-15-17-30-95-81-67(55-90-95)80(86)88-57-89-81/h10-12,19-20,50,55-58,60-61,63-64,66,68-69,71-74,77-78,99,103H,13-18,21-49,51-54,85H2,1-9H3,(H,87,97)(H2,86,88,89)/b12-10?,19-11+,59-20?,62-50+/t58-,60-,61-,63-,64+,66+,68-,69+,71-,72+,73+,74-,77-,78+,84-/m1/s1. The highest BCUT2D eigenvalue weighted by Crippen LogP contribution is 2.38. The zero-order chi connectivity index (χ0) is 84.3. The van der Waals surface area contributed by atoms with Gasteiger partial charge >= 0.3 is 5.97 Å². The van der Waals surface area contributed by atoms with Crippen LogP contribution in [0.2, 0.25) is 0 Å². The highest BCUT2D eigenvalue weighted by Gasteiger charge is 2.53. The van der Waals surface area contributed by atoms with E-state index in [0.717, 1.165) is 55.2 Å². The number of hydrogen-bond donors (Lipinski definition) is 5. The molecule has 117 heavy (non-hydrogen) atoms. The molecule has 3 fully saturated rings. The van der Waals surface area contributed by atoms with Gasteiger partial charge in [0.2, 0.25) is 11.7 Å². The first-order valence-electron chi connectivity index (χ1n) is 42.1. The highest BCUT2D eigenvalue weighted by atomic mass is 16.6. The minimum atomic E-state index is -2.48. The van der Waals surface area contributed by atoms with Crippen molar-refractivity contribution in [3.63, 3.8) is 0 Å². The van der Waals surface area contributed by atoms with Crippen LogP contribution in [0, 0.1) is 29.6 Å². The van der Waals surface area contributed by atoms with Crippen molar-refractivity contribution in [2.45, 2.75) is 231 Å². The molecule has 0 spiro atoms. The van der Waals surface area contributed by atoms with Gasteiger partial charge < -0.3 is 98.2 Å². The van der Waals surface area contributed by atoms with Crippen LogP contribution in [0.15, 0.2) is 66.3 Å². The largest absolute Gasteiger partial charge is 0.459 e. The number of aliphatic hydroxyl groups is 2. The van der Waals surface area contributed by atoms with Crippen molar-refractivity contribution in [3.8, 4) is 0 Å². The van der Waals surface area contributed by atoms with Crippen molar-refractivity contribution in [2.75, 3.05) is 152 Å². The van der Waals surface area contributed by atoms with E-state index in [-0.39, 0.29) is 73.7 Å². The molecule has 0 aromatic carbocycles. The average molecular weight is 1650 g/mol. The predicted octanol–water partition coefficient (Wildman–Crippen LogP) is 6.35. The molecule has 2 saturated heterocycles. The second kappa shape index (κ2) is 53.8. The maximum absolute atomic E-state index is 14.7. The van der Waals surface area contributed by atoms with E-state index in [4.69, 9.17) is 77.8 Å². The van der Waals surface area contributed by atoms with E-state index in [0.29, 0.717) is 200 Å². The Hall–Kier alpha value is -6.77. The fourth-order valence-corrected chi connectivity index (χ4v) is 15.0. The van der Waals surface area contributed by atoms with Gasteiger partial charge in [0.25, 0.3) is 11.7 Å². The number of carbonyl (C=O) groups is 6. The highest BCUT2D eigenvalue weighted by molar-refractivity contribution is 6.39. The molecule has 2 amide bonds. The molecule has 1 saturated carbocycles. The molecule has 33 nitrogen and oxygen atoms in total. The number of nitrogen functional groups attached to an aromatic ring is 1. The summed E-state index contributed by atoms with van der Waals surface area (Å²) in [5.41, 5.74) is 15.8. The van der Waals surface area contributed by atoms with E-state index < -0.39 is 83.8 Å². The molecule has 0 radical (unpaired) electrons. The number of fused-ring (bicyclic) bond motifs is 4. The number of nitrogens with one attached hydrogen (secondary N) is 1. The number of aromatic nitrogens is 7. The second-order valence-electron chi connectivity index (χ2n) is 31.1. The molecular weight excluding hydrogens is 1510 g/mol. The number of amides is 2. The Kier molecular flexibility index (Phi) is 44.8. The van der Waals surface area contributed by atoms with E-state index in [1.54, 1.807) is 63.6 Å². The van der Waals surface area contributed by atoms with Crippen LogP contribution in [0.3, 0.4) is 0 Å². The molecule has 658 valence electrons. The molecule has 2 bridgehead atoms. The van der Waals surface area contributed by atoms with Gasteiger partial charge in [-0.1, -0.05) is 69.4 Å². The van der Waals surface area contributed by atoms with Gasteiger partial charge in [-0.2, -0.15) is 5.10 Å². The predicted molar refractivity (Wildman–Crippen MR) is 434 cm³/mol. The van der Waals surface area contributed by atoms with Crippen LogP contribution < -0.4 is 16.8 Å². The van der Waals surface area contributed by atoms with Crippen molar-refractivity contribution in [1.29, 1.82) is 0 Å². The molecular formula is C84H135N11O22. The van der Waals surface area contributed by atoms with Gasteiger partial charge in [0.1, 0.15) is 42.3 Å². The van der Waals surface area contributed by atoms with Gasteiger partial charge in [-0.05, 0) is 133 Å². The zero-order valence-corrected chi connectivity index (χ0v) is 70.6. The van der Waals surface area contributed by atoms with Crippen LogP contribution in [-0.4, -0.2) is 292 Å². The number of ether oxygens (including phenoxy) is 14. The molecule has 7 N–H and O–H groups in total. The second-order valence-corrected chi connectivity index (χ2v) is 31.1. The first-order valence-corrected chi connectivity index (χ1v) is 42.1. The number of cyclic esters (lactones) is 1. The van der Waals surface area contributed by atoms with Crippen LogP contribution in [0.1, 0.15) is 156 Å². The molecule has 3 aromatic heterocycles. The number of nitrogens with zero attached hydrogens (tertiary/aromatic N) is 8. The van der Waals surface area contributed by atoms with Gasteiger partial charge in [-0.25, -0.2) is 24.1 Å². The number of carbonyl (C=O) groups excluding carboxylic acids is 6. The Morgan fingerprint density at radius 1 is 0.709 bits per heavy atom. The number of hydrogen-bond acceptors (Lipinski definition) is 29. The maximum atomic E-state index is 14.7. The lowest BCUT2D eigenvalue weighted by molar-refractivity contribution is -0.265. The van der Waals surface area contributed by atoms with Gasteiger partial charge in [0.05, 0.1) is 154 Å². The summed E-state index contributed by atoms with van der Waals surface area (Å²) in [6.07, 6.45) is 20.0. The zero-order valence-electron chi connectivity index (χ0n) is 70.6. The fourth-order valence-electron chi connectivity index (χ4n) is 15.0. The van der Waals surface area contributed by atoms with E-state index in [9.17, 15) is 39.0 Å². The Labute approximate surface area is 689 Å². The summed E-state index contributed by atoms with van der Waals surface area (Å²) in [5, 5.41) is 40.4. The summed E-state index contributed by atoms with van der Waals surface area (Å²) in [7, 11) is 4.60. The number of Topliss-reactive ketones (excluding diaryl/α,β-unsaturated/α-hetero) is 3. The molecule has 3 aliphatic heterocycles. The summed E-state index contributed by atoms with van der Waals surface area (Å²) in [6.45, 7) is 19.8. The number of esters is 1.